The van der Waals surface area contributed by atoms with Crippen LogP contribution in [0, 0.1) is 11.6 Å². The molecule has 0 N–H and O–H groups in total. The predicted molar refractivity (Wildman–Crippen MR) is 113 cm³/mol. The fraction of sp³-hybridized carbons (Fsp3) is 0.227. The number of benzene rings is 2. The molecule has 4 rings (SSSR count). The summed E-state index contributed by atoms with van der Waals surface area (Å²) in [7, 11) is 0. The topological polar surface area (TPSA) is 49.3 Å². The fourth-order valence-corrected chi connectivity index (χ4v) is 4.06. The third-order valence-electron chi connectivity index (χ3n) is 4.88. The molecule has 0 bridgehead atoms. The number of hydrogen-bond acceptors (Lipinski definition) is 5. The van der Waals surface area contributed by atoms with Crippen LogP contribution in [-0.2, 0) is 5.75 Å². The molecule has 1 aliphatic rings. The zero-order chi connectivity index (χ0) is 20.9. The van der Waals surface area contributed by atoms with E-state index in [0.717, 1.165) is 28.7 Å². The number of rotatable bonds is 5. The van der Waals surface area contributed by atoms with Gasteiger partial charge in [-0.3, -0.25) is 9.78 Å². The number of thioether (sulfide) groups is 1. The number of amides is 1. The lowest BCUT2D eigenvalue weighted by atomic mass is 10.1. The summed E-state index contributed by atoms with van der Waals surface area (Å²) in [6, 6.07) is 13.2. The summed E-state index contributed by atoms with van der Waals surface area (Å²) in [5.41, 5.74) is 1.11. The van der Waals surface area contributed by atoms with Gasteiger partial charge in [0.2, 0.25) is 0 Å². The monoisotopic (exact) mass is 426 g/mol. The Morgan fingerprint density at radius 1 is 1.00 bits per heavy atom. The van der Waals surface area contributed by atoms with Gasteiger partial charge in [-0.15, -0.1) is 11.8 Å². The Bertz CT molecular complexity index is 1030. The number of carbonyl (C=O) groups excluding carboxylic acids is 1. The largest absolute Gasteiger partial charge is 0.352 e. The van der Waals surface area contributed by atoms with Crippen molar-refractivity contribution >= 4 is 23.5 Å². The second-order valence-corrected chi connectivity index (χ2v) is 7.89. The maximum absolute atomic E-state index is 13.9. The first-order chi connectivity index (χ1) is 14.6. The van der Waals surface area contributed by atoms with Crippen LogP contribution >= 0.6 is 11.8 Å². The van der Waals surface area contributed by atoms with Gasteiger partial charge in [-0.1, -0.05) is 30.3 Å². The number of halogens is 2. The number of piperazine rings is 1. The first-order valence-electron chi connectivity index (χ1n) is 9.58. The summed E-state index contributed by atoms with van der Waals surface area (Å²) in [6.07, 6.45) is 3.46. The molecular formula is C22H20F2N4OS. The Morgan fingerprint density at radius 3 is 2.50 bits per heavy atom. The summed E-state index contributed by atoms with van der Waals surface area (Å²) in [4.78, 5) is 25.2. The molecule has 0 saturated carbocycles. The van der Waals surface area contributed by atoms with Crippen LogP contribution in [0.5, 0.6) is 0 Å². The molecule has 2 aromatic carbocycles. The van der Waals surface area contributed by atoms with Gasteiger partial charge in [0.15, 0.2) is 0 Å². The van der Waals surface area contributed by atoms with Crippen molar-refractivity contribution in [2.24, 2.45) is 0 Å². The van der Waals surface area contributed by atoms with Crippen LogP contribution in [0.4, 0.5) is 14.6 Å². The molecule has 1 fully saturated rings. The van der Waals surface area contributed by atoms with Crippen molar-refractivity contribution in [3.8, 4) is 0 Å². The highest BCUT2D eigenvalue weighted by atomic mass is 32.2. The molecule has 0 spiro atoms. The summed E-state index contributed by atoms with van der Waals surface area (Å²) in [6.45, 7) is 1.99. The van der Waals surface area contributed by atoms with Gasteiger partial charge in [-0.25, -0.2) is 13.8 Å². The van der Waals surface area contributed by atoms with Gasteiger partial charge in [0.25, 0.3) is 5.91 Å². The SMILES string of the molecule is O=C(c1ccc(F)cc1F)N1CCN(c2cncc(SCc3ccccc3)n2)CC1. The molecule has 1 amide bonds. The highest BCUT2D eigenvalue weighted by Crippen LogP contribution is 2.23. The van der Waals surface area contributed by atoms with E-state index in [1.807, 2.05) is 18.2 Å². The van der Waals surface area contributed by atoms with Crippen molar-refractivity contribution in [1.29, 1.82) is 0 Å². The molecule has 8 heteroatoms. The molecule has 0 unspecified atom stereocenters. The first-order valence-corrected chi connectivity index (χ1v) is 10.6. The van der Waals surface area contributed by atoms with Crippen LogP contribution in [-0.4, -0.2) is 47.0 Å². The Balaban J connectivity index is 1.36. The van der Waals surface area contributed by atoms with Crippen LogP contribution < -0.4 is 4.90 Å². The van der Waals surface area contributed by atoms with E-state index in [1.165, 1.54) is 11.6 Å². The van der Waals surface area contributed by atoms with Crippen LogP contribution in [0.15, 0.2) is 66.0 Å². The van der Waals surface area contributed by atoms with Crippen molar-refractivity contribution < 1.29 is 13.6 Å². The van der Waals surface area contributed by atoms with E-state index in [0.29, 0.717) is 26.2 Å². The molecule has 1 aliphatic heterocycles. The van der Waals surface area contributed by atoms with Gasteiger partial charge in [0.1, 0.15) is 22.5 Å². The van der Waals surface area contributed by atoms with E-state index < -0.39 is 17.5 Å². The van der Waals surface area contributed by atoms with Crippen LogP contribution in [0.25, 0.3) is 0 Å². The molecule has 0 aliphatic carbocycles. The number of hydrogen-bond donors (Lipinski definition) is 0. The molecule has 3 aromatic rings. The second-order valence-electron chi connectivity index (χ2n) is 6.89. The summed E-state index contributed by atoms with van der Waals surface area (Å²) in [5, 5.41) is 0.836. The molecule has 154 valence electrons. The van der Waals surface area contributed by atoms with Crippen LogP contribution in [0.1, 0.15) is 15.9 Å². The molecule has 0 radical (unpaired) electrons. The van der Waals surface area contributed by atoms with E-state index in [-0.39, 0.29) is 5.56 Å². The van der Waals surface area contributed by atoms with E-state index in [4.69, 9.17) is 0 Å². The Hall–Kier alpha value is -3.00. The third kappa shape index (κ3) is 4.76. The number of anilines is 1. The molecular weight excluding hydrogens is 406 g/mol. The summed E-state index contributed by atoms with van der Waals surface area (Å²) in [5.74, 6) is -0.391. The zero-order valence-electron chi connectivity index (χ0n) is 16.2. The van der Waals surface area contributed by atoms with Gasteiger partial charge in [0, 0.05) is 38.0 Å². The van der Waals surface area contributed by atoms with Crippen molar-refractivity contribution in [3.63, 3.8) is 0 Å². The minimum atomic E-state index is -0.837. The quantitative estimate of drug-likeness (QED) is 0.577. The first kappa shape index (κ1) is 20.3. The highest BCUT2D eigenvalue weighted by Gasteiger charge is 2.25. The normalized spacial score (nSPS) is 14.1. The van der Waals surface area contributed by atoms with Crippen LogP contribution in [0.2, 0.25) is 0 Å². The Morgan fingerprint density at radius 2 is 1.77 bits per heavy atom. The third-order valence-corrected chi connectivity index (χ3v) is 5.85. The predicted octanol–water partition coefficient (Wildman–Crippen LogP) is 4.01. The lowest BCUT2D eigenvalue weighted by molar-refractivity contribution is 0.0741. The van der Waals surface area contributed by atoms with Crippen molar-refractivity contribution in [1.82, 2.24) is 14.9 Å². The molecule has 5 nitrogen and oxygen atoms in total. The minimum Gasteiger partial charge on any atom is -0.352 e. The average molecular weight is 426 g/mol. The number of carbonyl (C=O) groups is 1. The van der Waals surface area contributed by atoms with E-state index in [9.17, 15) is 13.6 Å². The molecule has 1 saturated heterocycles. The Labute approximate surface area is 177 Å². The summed E-state index contributed by atoms with van der Waals surface area (Å²) < 4.78 is 27.0. The molecule has 30 heavy (non-hydrogen) atoms. The van der Waals surface area contributed by atoms with Crippen molar-refractivity contribution in [2.75, 3.05) is 31.1 Å². The van der Waals surface area contributed by atoms with Crippen molar-refractivity contribution in [3.05, 3.63) is 83.7 Å². The van der Waals surface area contributed by atoms with Gasteiger partial charge in [0.05, 0.1) is 18.0 Å². The maximum atomic E-state index is 13.9. The number of nitrogens with zero attached hydrogens (tertiary/aromatic N) is 4. The van der Waals surface area contributed by atoms with Gasteiger partial charge < -0.3 is 9.80 Å². The average Bonchev–Trinajstić information content (AvgIpc) is 2.78. The Kier molecular flexibility index (Phi) is 6.23. The van der Waals surface area contributed by atoms with Gasteiger partial charge in [-0.2, -0.15) is 0 Å². The standard InChI is InChI=1S/C22H20F2N4OS/c23-17-6-7-18(19(24)12-17)22(29)28-10-8-27(9-11-28)20-13-25-14-21(26-20)30-15-16-4-2-1-3-5-16/h1-7,12-14H,8-11,15H2. The van der Waals surface area contributed by atoms with E-state index in [1.54, 1.807) is 29.1 Å². The maximum Gasteiger partial charge on any atom is 0.256 e. The van der Waals surface area contributed by atoms with Gasteiger partial charge in [-0.05, 0) is 17.7 Å². The van der Waals surface area contributed by atoms with Gasteiger partial charge >= 0.3 is 0 Å². The lowest BCUT2D eigenvalue weighted by Gasteiger charge is -2.35. The molecule has 2 heterocycles. The van der Waals surface area contributed by atoms with Crippen molar-refractivity contribution in [2.45, 2.75) is 10.8 Å². The minimum absolute atomic E-state index is 0.107. The van der Waals surface area contributed by atoms with E-state index >= 15 is 0 Å². The zero-order valence-corrected chi connectivity index (χ0v) is 17.0. The fourth-order valence-electron chi connectivity index (χ4n) is 3.26. The highest BCUT2D eigenvalue weighted by molar-refractivity contribution is 7.98. The summed E-state index contributed by atoms with van der Waals surface area (Å²) >= 11 is 1.62. The smallest absolute Gasteiger partial charge is 0.256 e. The molecule has 1 aromatic heterocycles. The second kappa shape index (κ2) is 9.21. The number of aromatic nitrogens is 2. The molecule has 0 atom stereocenters. The lowest BCUT2D eigenvalue weighted by Crippen LogP contribution is -2.49. The van der Waals surface area contributed by atoms with Crippen LogP contribution in [0.3, 0.4) is 0 Å². The van der Waals surface area contributed by atoms with E-state index in [2.05, 4.69) is 27.0 Å².